The van der Waals surface area contributed by atoms with E-state index < -0.39 is 0 Å². The highest BCUT2D eigenvalue weighted by atomic mass is 14.9. The largest absolute Gasteiger partial charge is 0.373 e. The minimum Gasteiger partial charge on any atom is -0.373 e. The van der Waals surface area contributed by atoms with Crippen molar-refractivity contribution in [2.45, 2.75) is 65.7 Å². The van der Waals surface area contributed by atoms with Gasteiger partial charge in [0.25, 0.3) is 0 Å². The highest BCUT2D eigenvalue weighted by molar-refractivity contribution is 5.91. The van der Waals surface area contributed by atoms with Gasteiger partial charge in [-0.1, -0.05) is 102 Å². The van der Waals surface area contributed by atoms with Crippen LogP contribution in [0.15, 0.2) is 66.9 Å². The second-order valence-electron chi connectivity index (χ2n) is 6.38. The molecule has 0 aliphatic heterocycles. The van der Waals surface area contributed by atoms with Gasteiger partial charge >= 0.3 is 0 Å². The summed E-state index contributed by atoms with van der Waals surface area (Å²) in [4.78, 5) is 4.21. The van der Waals surface area contributed by atoms with Gasteiger partial charge in [0.15, 0.2) is 0 Å². The molecule has 152 valence electrons. The van der Waals surface area contributed by atoms with Crippen LogP contribution in [0.4, 0.5) is 5.82 Å². The number of anilines is 1. The summed E-state index contributed by atoms with van der Waals surface area (Å²) in [5, 5.41) is 5.45. The minimum absolute atomic E-state index is 0.861. The Hall–Kier alpha value is -2.35. The highest BCUT2D eigenvalue weighted by Gasteiger charge is 2.14. The number of hydrogen-bond acceptors (Lipinski definition) is 2. The molecule has 0 bridgehead atoms. The van der Waals surface area contributed by atoms with Crippen molar-refractivity contribution in [3.63, 3.8) is 0 Å². The fraction of sp³-hybridized carbons (Fsp3) is 0.423. The van der Waals surface area contributed by atoms with Crippen molar-refractivity contribution >= 4 is 16.6 Å². The van der Waals surface area contributed by atoms with Crippen LogP contribution in [-0.2, 0) is 0 Å². The lowest BCUT2D eigenvalue weighted by Gasteiger charge is -2.21. The van der Waals surface area contributed by atoms with E-state index in [0.29, 0.717) is 0 Å². The van der Waals surface area contributed by atoms with Crippen LogP contribution in [0.3, 0.4) is 0 Å². The molecule has 1 fully saturated rings. The maximum atomic E-state index is 4.21. The van der Waals surface area contributed by atoms with E-state index in [9.17, 15) is 0 Å². The van der Waals surface area contributed by atoms with Crippen molar-refractivity contribution in [1.82, 2.24) is 4.98 Å². The third-order valence-corrected chi connectivity index (χ3v) is 4.79. The Kier molecular flexibility index (Phi) is 12.4. The van der Waals surface area contributed by atoms with E-state index in [1.807, 2.05) is 59.1 Å². The summed E-state index contributed by atoms with van der Waals surface area (Å²) in [5.74, 6) is 1.80. The molecule has 0 atom stereocenters. The van der Waals surface area contributed by atoms with Crippen LogP contribution in [0.25, 0.3) is 10.8 Å². The zero-order valence-electron chi connectivity index (χ0n) is 18.4. The number of nitrogens with zero attached hydrogens (tertiary/aromatic N) is 1. The highest BCUT2D eigenvalue weighted by Crippen LogP contribution is 2.32. The standard InChI is InChI=1S/C12H16.C10H10N2.2C2H6/c1-3-7-11(8-4-1)12-9-5-2-6-10-12;1-11-10-9-5-3-2-4-8(9)6-7-12-10;2*1-2/h1,3-4,7-8,12H,2,5-6,9-10H2;2-7H,1H3,(H,11,12);2*1-2H3. The Morgan fingerprint density at radius 3 is 2.00 bits per heavy atom. The van der Waals surface area contributed by atoms with Gasteiger partial charge in [0.1, 0.15) is 5.82 Å². The van der Waals surface area contributed by atoms with Crippen LogP contribution in [0.1, 0.15) is 71.3 Å². The molecule has 1 aliphatic carbocycles. The lowest BCUT2D eigenvalue weighted by Crippen LogP contribution is -2.03. The molecule has 0 saturated heterocycles. The number of nitrogens with one attached hydrogen (secondary N) is 1. The fourth-order valence-corrected chi connectivity index (χ4v) is 3.48. The Morgan fingerprint density at radius 1 is 0.750 bits per heavy atom. The van der Waals surface area contributed by atoms with E-state index in [1.165, 1.54) is 42.9 Å². The van der Waals surface area contributed by atoms with Crippen LogP contribution < -0.4 is 5.32 Å². The summed E-state index contributed by atoms with van der Waals surface area (Å²) in [6, 6.07) is 21.2. The topological polar surface area (TPSA) is 24.9 Å². The van der Waals surface area contributed by atoms with E-state index in [4.69, 9.17) is 0 Å². The molecular formula is C26H38N2. The SMILES string of the molecule is CC.CC.CNc1nccc2ccccc12.c1ccc(C2CCCCC2)cc1. The molecule has 1 heterocycles. The first kappa shape index (κ1) is 23.7. The number of hydrogen-bond donors (Lipinski definition) is 1. The zero-order chi connectivity index (χ0) is 20.6. The maximum Gasteiger partial charge on any atom is 0.133 e. The van der Waals surface area contributed by atoms with Crippen LogP contribution in [-0.4, -0.2) is 12.0 Å². The quantitative estimate of drug-likeness (QED) is 0.487. The summed E-state index contributed by atoms with van der Waals surface area (Å²) in [6.07, 6.45) is 8.94. The molecule has 4 rings (SSSR count). The Labute approximate surface area is 172 Å². The predicted molar refractivity (Wildman–Crippen MR) is 126 cm³/mol. The van der Waals surface area contributed by atoms with Crippen LogP contribution in [0, 0.1) is 0 Å². The monoisotopic (exact) mass is 378 g/mol. The van der Waals surface area contributed by atoms with Gasteiger partial charge in [0.2, 0.25) is 0 Å². The van der Waals surface area contributed by atoms with Gasteiger partial charge in [-0.15, -0.1) is 0 Å². The Bertz CT molecular complexity index is 741. The average molecular weight is 379 g/mol. The molecule has 1 N–H and O–H groups in total. The molecular weight excluding hydrogens is 340 g/mol. The zero-order valence-corrected chi connectivity index (χ0v) is 18.4. The van der Waals surface area contributed by atoms with Gasteiger partial charge in [0, 0.05) is 18.6 Å². The van der Waals surface area contributed by atoms with Crippen molar-refractivity contribution in [3.8, 4) is 0 Å². The molecule has 0 amide bonds. The van der Waals surface area contributed by atoms with Crippen molar-refractivity contribution in [2.75, 3.05) is 12.4 Å². The molecule has 1 saturated carbocycles. The number of fused-ring (bicyclic) bond motifs is 1. The normalized spacial score (nSPS) is 13.0. The molecule has 0 spiro atoms. The van der Waals surface area contributed by atoms with Crippen molar-refractivity contribution in [3.05, 3.63) is 72.4 Å². The van der Waals surface area contributed by atoms with E-state index in [2.05, 4.69) is 52.8 Å². The number of pyridine rings is 1. The number of aromatic nitrogens is 1. The van der Waals surface area contributed by atoms with Gasteiger partial charge in [-0.25, -0.2) is 4.98 Å². The average Bonchev–Trinajstić information content (AvgIpc) is 2.83. The summed E-state index contributed by atoms with van der Waals surface area (Å²) in [6.45, 7) is 8.00. The Morgan fingerprint density at radius 2 is 1.36 bits per heavy atom. The lowest BCUT2D eigenvalue weighted by molar-refractivity contribution is 0.443. The summed E-state index contributed by atoms with van der Waals surface area (Å²) >= 11 is 0. The first-order chi connectivity index (χ1) is 13.9. The second-order valence-corrected chi connectivity index (χ2v) is 6.38. The first-order valence-corrected chi connectivity index (χ1v) is 10.9. The van der Waals surface area contributed by atoms with Crippen molar-refractivity contribution < 1.29 is 0 Å². The third-order valence-electron chi connectivity index (χ3n) is 4.79. The van der Waals surface area contributed by atoms with Crippen molar-refractivity contribution in [2.24, 2.45) is 0 Å². The summed E-state index contributed by atoms with van der Waals surface area (Å²) in [7, 11) is 1.88. The fourth-order valence-electron chi connectivity index (χ4n) is 3.48. The predicted octanol–water partition coefficient (Wildman–Crippen LogP) is 8.06. The van der Waals surface area contributed by atoms with Crippen LogP contribution in [0.5, 0.6) is 0 Å². The molecule has 2 aromatic carbocycles. The number of benzene rings is 2. The minimum atomic E-state index is 0.861. The van der Waals surface area contributed by atoms with Gasteiger partial charge in [-0.3, -0.25) is 0 Å². The maximum absolute atomic E-state index is 4.21. The van der Waals surface area contributed by atoms with Gasteiger partial charge in [-0.2, -0.15) is 0 Å². The summed E-state index contributed by atoms with van der Waals surface area (Å²) < 4.78 is 0. The molecule has 2 heteroatoms. The lowest BCUT2D eigenvalue weighted by atomic mass is 9.84. The smallest absolute Gasteiger partial charge is 0.133 e. The second kappa shape index (κ2) is 14.7. The van der Waals surface area contributed by atoms with Crippen molar-refractivity contribution in [1.29, 1.82) is 0 Å². The van der Waals surface area contributed by atoms with E-state index in [-0.39, 0.29) is 0 Å². The van der Waals surface area contributed by atoms with Crippen LogP contribution in [0.2, 0.25) is 0 Å². The first-order valence-electron chi connectivity index (χ1n) is 10.9. The van der Waals surface area contributed by atoms with Crippen LogP contribution >= 0.6 is 0 Å². The number of rotatable bonds is 2. The van der Waals surface area contributed by atoms with E-state index in [1.54, 1.807) is 5.56 Å². The van der Waals surface area contributed by atoms with Gasteiger partial charge in [0.05, 0.1) is 0 Å². The molecule has 0 radical (unpaired) electrons. The van der Waals surface area contributed by atoms with E-state index in [0.717, 1.165) is 11.7 Å². The molecule has 2 nitrogen and oxygen atoms in total. The van der Waals surface area contributed by atoms with E-state index >= 15 is 0 Å². The molecule has 1 aromatic heterocycles. The third kappa shape index (κ3) is 7.34. The van der Waals surface area contributed by atoms with Gasteiger partial charge in [-0.05, 0) is 35.8 Å². The Balaban J connectivity index is 0.000000238. The summed E-state index contributed by atoms with van der Waals surface area (Å²) in [5.41, 5.74) is 1.55. The molecule has 3 aromatic rings. The molecule has 1 aliphatic rings. The molecule has 28 heavy (non-hydrogen) atoms. The van der Waals surface area contributed by atoms with Gasteiger partial charge < -0.3 is 5.32 Å². The molecule has 0 unspecified atom stereocenters.